The molecule has 1 unspecified atom stereocenters. The van der Waals surface area contributed by atoms with Gasteiger partial charge in [-0.1, -0.05) is 6.07 Å². The molecule has 1 aromatic carbocycles. The van der Waals surface area contributed by atoms with E-state index in [4.69, 9.17) is 9.84 Å². The molecular formula is C18H21N3O4. The zero-order valence-corrected chi connectivity index (χ0v) is 14.0. The molecule has 0 bridgehead atoms. The maximum atomic E-state index is 12.7. The van der Waals surface area contributed by atoms with Crippen molar-refractivity contribution in [1.29, 1.82) is 0 Å². The van der Waals surface area contributed by atoms with Crippen molar-refractivity contribution in [2.45, 2.75) is 18.9 Å². The molecule has 1 aliphatic rings. The van der Waals surface area contributed by atoms with Crippen LogP contribution in [0.15, 0.2) is 36.7 Å². The lowest BCUT2D eigenvalue weighted by Gasteiger charge is -2.30. The van der Waals surface area contributed by atoms with E-state index in [9.17, 15) is 9.59 Å². The van der Waals surface area contributed by atoms with Gasteiger partial charge in [0, 0.05) is 38.2 Å². The predicted octanol–water partition coefficient (Wildman–Crippen LogP) is 2.02. The van der Waals surface area contributed by atoms with Gasteiger partial charge in [-0.3, -0.25) is 4.79 Å². The summed E-state index contributed by atoms with van der Waals surface area (Å²) >= 11 is 0. The molecule has 25 heavy (non-hydrogen) atoms. The summed E-state index contributed by atoms with van der Waals surface area (Å²) in [6.45, 7) is 1.33. The highest BCUT2D eigenvalue weighted by molar-refractivity contribution is 5.97. The van der Waals surface area contributed by atoms with Gasteiger partial charge < -0.3 is 19.7 Å². The van der Waals surface area contributed by atoms with Crippen LogP contribution in [0.1, 0.15) is 45.4 Å². The standard InChI is InChI=1S/C18H21N3O4/c1-21-8-7-19-16(21)15(12-5-9-25-10-6-12)20-17(22)13-3-2-4-14(11-13)18(23)24/h2-4,7-8,11-12,15H,5-6,9-10H2,1H3,(H,20,22)(H,23,24). The summed E-state index contributed by atoms with van der Waals surface area (Å²) in [6.07, 6.45) is 5.23. The van der Waals surface area contributed by atoms with Crippen molar-refractivity contribution >= 4 is 11.9 Å². The third kappa shape index (κ3) is 3.88. The molecule has 1 saturated heterocycles. The number of rotatable bonds is 5. The quantitative estimate of drug-likeness (QED) is 0.866. The maximum absolute atomic E-state index is 12.7. The highest BCUT2D eigenvalue weighted by atomic mass is 16.5. The fourth-order valence-corrected chi connectivity index (χ4v) is 3.14. The van der Waals surface area contributed by atoms with Gasteiger partial charge in [0.05, 0.1) is 11.6 Å². The molecule has 0 spiro atoms. The number of aromatic carboxylic acids is 1. The number of hydrogen-bond acceptors (Lipinski definition) is 4. The van der Waals surface area contributed by atoms with Gasteiger partial charge in [0.15, 0.2) is 0 Å². The van der Waals surface area contributed by atoms with Gasteiger partial charge in [0.2, 0.25) is 0 Å². The van der Waals surface area contributed by atoms with Crippen LogP contribution in [0, 0.1) is 5.92 Å². The molecule has 7 heteroatoms. The second kappa shape index (κ2) is 7.48. The van der Waals surface area contributed by atoms with Crippen molar-refractivity contribution < 1.29 is 19.4 Å². The monoisotopic (exact) mass is 343 g/mol. The van der Waals surface area contributed by atoms with Crippen molar-refractivity contribution in [2.75, 3.05) is 13.2 Å². The second-order valence-corrected chi connectivity index (χ2v) is 6.18. The Kier molecular flexibility index (Phi) is 5.14. The van der Waals surface area contributed by atoms with Crippen molar-refractivity contribution in [1.82, 2.24) is 14.9 Å². The van der Waals surface area contributed by atoms with E-state index in [1.807, 2.05) is 17.8 Å². The molecule has 1 aromatic heterocycles. The van der Waals surface area contributed by atoms with Crippen LogP contribution in [0.25, 0.3) is 0 Å². The van der Waals surface area contributed by atoms with Gasteiger partial charge in [-0.05, 0) is 37.0 Å². The molecule has 0 radical (unpaired) electrons. The number of aromatic nitrogens is 2. The van der Waals surface area contributed by atoms with E-state index >= 15 is 0 Å². The molecule has 2 N–H and O–H groups in total. The Hall–Kier alpha value is -2.67. The van der Waals surface area contributed by atoms with E-state index in [1.165, 1.54) is 12.1 Å². The zero-order chi connectivity index (χ0) is 17.8. The number of ether oxygens (including phenoxy) is 1. The fourth-order valence-electron chi connectivity index (χ4n) is 3.14. The van der Waals surface area contributed by atoms with Gasteiger partial charge in [-0.2, -0.15) is 0 Å². The van der Waals surface area contributed by atoms with Crippen molar-refractivity contribution in [3.05, 3.63) is 53.6 Å². The minimum atomic E-state index is -1.06. The van der Waals surface area contributed by atoms with Gasteiger partial charge in [-0.15, -0.1) is 0 Å². The number of carboxylic acid groups (broad SMARTS) is 1. The molecule has 1 fully saturated rings. The molecule has 3 rings (SSSR count). The van der Waals surface area contributed by atoms with Crippen LogP contribution in [0.4, 0.5) is 0 Å². The lowest BCUT2D eigenvalue weighted by molar-refractivity contribution is 0.0499. The van der Waals surface area contributed by atoms with Crippen LogP contribution in [0.5, 0.6) is 0 Å². The van der Waals surface area contributed by atoms with Crippen molar-refractivity contribution in [3.63, 3.8) is 0 Å². The number of amides is 1. The molecule has 0 saturated carbocycles. The van der Waals surface area contributed by atoms with E-state index in [0.29, 0.717) is 18.8 Å². The Morgan fingerprint density at radius 2 is 2.04 bits per heavy atom. The topological polar surface area (TPSA) is 93.5 Å². The highest BCUT2D eigenvalue weighted by Gasteiger charge is 2.30. The van der Waals surface area contributed by atoms with E-state index in [-0.39, 0.29) is 23.4 Å². The summed E-state index contributed by atoms with van der Waals surface area (Å²) in [5.41, 5.74) is 0.415. The van der Waals surface area contributed by atoms with Gasteiger partial charge in [0.1, 0.15) is 5.82 Å². The number of nitrogens with one attached hydrogen (secondary N) is 1. The summed E-state index contributed by atoms with van der Waals surface area (Å²) in [6, 6.07) is 5.79. The van der Waals surface area contributed by atoms with Crippen LogP contribution < -0.4 is 5.32 Å². The predicted molar refractivity (Wildman–Crippen MR) is 90.4 cm³/mol. The third-order valence-corrected chi connectivity index (χ3v) is 4.53. The average Bonchev–Trinajstić information content (AvgIpc) is 3.06. The Bertz CT molecular complexity index is 765. The first kappa shape index (κ1) is 17.2. The third-order valence-electron chi connectivity index (χ3n) is 4.53. The molecule has 2 aromatic rings. The SMILES string of the molecule is Cn1ccnc1C(NC(=O)c1cccc(C(=O)O)c1)C1CCOCC1. The largest absolute Gasteiger partial charge is 0.478 e. The molecule has 0 aliphatic carbocycles. The minimum Gasteiger partial charge on any atom is -0.478 e. The van der Waals surface area contributed by atoms with E-state index in [1.54, 1.807) is 18.3 Å². The molecular weight excluding hydrogens is 322 g/mol. The second-order valence-electron chi connectivity index (χ2n) is 6.18. The Morgan fingerprint density at radius 3 is 2.68 bits per heavy atom. The van der Waals surface area contributed by atoms with Crippen molar-refractivity contribution in [3.8, 4) is 0 Å². The van der Waals surface area contributed by atoms with E-state index < -0.39 is 5.97 Å². The maximum Gasteiger partial charge on any atom is 0.335 e. The lowest BCUT2D eigenvalue weighted by Crippen LogP contribution is -2.37. The first-order valence-electron chi connectivity index (χ1n) is 8.25. The average molecular weight is 343 g/mol. The minimum absolute atomic E-state index is 0.0901. The molecule has 7 nitrogen and oxygen atoms in total. The summed E-state index contributed by atoms with van der Waals surface area (Å²) in [5.74, 6) is -0.349. The number of hydrogen-bond donors (Lipinski definition) is 2. The zero-order valence-electron chi connectivity index (χ0n) is 14.0. The lowest BCUT2D eigenvalue weighted by atomic mass is 9.90. The van der Waals surface area contributed by atoms with Crippen LogP contribution in [0.2, 0.25) is 0 Å². The van der Waals surface area contributed by atoms with Crippen molar-refractivity contribution in [2.24, 2.45) is 13.0 Å². The number of carboxylic acids is 1. The first-order valence-corrected chi connectivity index (χ1v) is 8.25. The van der Waals surface area contributed by atoms with Crippen LogP contribution in [0.3, 0.4) is 0 Å². The van der Waals surface area contributed by atoms with Gasteiger partial charge >= 0.3 is 5.97 Å². The summed E-state index contributed by atoms with van der Waals surface area (Å²) < 4.78 is 7.32. The Balaban J connectivity index is 1.84. The molecule has 1 amide bonds. The first-order chi connectivity index (χ1) is 12.1. The van der Waals surface area contributed by atoms with Gasteiger partial charge in [0.25, 0.3) is 5.91 Å². The Labute approximate surface area is 145 Å². The summed E-state index contributed by atoms with van der Waals surface area (Å²) in [4.78, 5) is 28.2. The van der Waals surface area contributed by atoms with E-state index in [2.05, 4.69) is 10.3 Å². The van der Waals surface area contributed by atoms with Crippen LogP contribution >= 0.6 is 0 Å². The number of carbonyl (C=O) groups is 2. The highest BCUT2D eigenvalue weighted by Crippen LogP contribution is 2.29. The normalized spacial score (nSPS) is 16.4. The summed E-state index contributed by atoms with van der Waals surface area (Å²) in [5, 5.41) is 12.1. The van der Waals surface area contributed by atoms with Crippen LogP contribution in [-0.2, 0) is 11.8 Å². The summed E-state index contributed by atoms with van der Waals surface area (Å²) in [7, 11) is 1.89. The number of benzene rings is 1. The number of aryl methyl sites for hydroxylation is 1. The number of nitrogens with zero attached hydrogens (tertiary/aromatic N) is 2. The molecule has 1 atom stereocenters. The number of imidazole rings is 1. The molecule has 132 valence electrons. The number of carbonyl (C=O) groups excluding carboxylic acids is 1. The van der Waals surface area contributed by atoms with Crippen LogP contribution in [-0.4, -0.2) is 39.7 Å². The smallest absolute Gasteiger partial charge is 0.335 e. The Morgan fingerprint density at radius 1 is 1.32 bits per heavy atom. The molecule has 2 heterocycles. The fraction of sp³-hybridized carbons (Fsp3) is 0.389. The van der Waals surface area contributed by atoms with E-state index in [0.717, 1.165) is 18.7 Å². The van der Waals surface area contributed by atoms with Gasteiger partial charge in [-0.25, -0.2) is 9.78 Å². The molecule has 1 aliphatic heterocycles.